The summed E-state index contributed by atoms with van der Waals surface area (Å²) in [5.74, 6) is 0.574. The summed E-state index contributed by atoms with van der Waals surface area (Å²) in [6.45, 7) is 5.55. The third-order valence-corrected chi connectivity index (χ3v) is 7.20. The number of hydrogen-bond acceptors (Lipinski definition) is 3. The van der Waals surface area contributed by atoms with Crippen molar-refractivity contribution in [2.45, 2.75) is 76.9 Å². The Hall–Kier alpha value is -2.24. The van der Waals surface area contributed by atoms with Crippen LogP contribution in [0.2, 0.25) is 0 Å². The fourth-order valence-corrected chi connectivity index (χ4v) is 5.87. The first-order chi connectivity index (χ1) is 14.6. The van der Waals surface area contributed by atoms with Crippen LogP contribution in [0, 0.1) is 11.8 Å². The number of anilines is 1. The molecule has 30 heavy (non-hydrogen) atoms. The maximum atomic E-state index is 13.8. The Morgan fingerprint density at radius 3 is 2.73 bits per heavy atom. The van der Waals surface area contributed by atoms with Crippen LogP contribution in [0.5, 0.6) is 0 Å². The van der Waals surface area contributed by atoms with E-state index in [1.165, 1.54) is 11.3 Å². The number of amides is 3. The number of fused-ring (bicyclic) bond motifs is 3. The first-order valence-electron chi connectivity index (χ1n) is 11.8. The zero-order chi connectivity index (χ0) is 21.1. The Balaban J connectivity index is 1.57. The Morgan fingerprint density at radius 2 is 1.93 bits per heavy atom. The van der Waals surface area contributed by atoms with Crippen LogP contribution in [-0.4, -0.2) is 42.0 Å². The average molecular weight is 413 g/mol. The molecule has 164 valence electrons. The number of para-hydroxylation sites is 1. The highest BCUT2D eigenvalue weighted by molar-refractivity contribution is 5.82. The average Bonchev–Trinajstić information content (AvgIpc) is 3.20. The summed E-state index contributed by atoms with van der Waals surface area (Å²) >= 11 is 0. The minimum atomic E-state index is -0.156. The van der Waals surface area contributed by atoms with E-state index in [-0.39, 0.29) is 29.9 Å². The standard InChI is InChI=1S/C24H36N4O2/c1-3-9-19-17-14-15-28(22(17)16-10-5-7-12-20(16)26-19)23(29)18-11-6-8-13-21(18)27-24(30)25-4-2/h5,7,10,12,17-19,21-22,26H,3-4,6,8-9,11,13-15H2,1-2H3,(H2,25,27,30)/t17-,18+,19+,21-,22+/m1/s1. The van der Waals surface area contributed by atoms with Crippen molar-refractivity contribution in [1.29, 1.82) is 0 Å². The molecule has 2 aliphatic heterocycles. The van der Waals surface area contributed by atoms with E-state index in [1.807, 2.05) is 6.92 Å². The van der Waals surface area contributed by atoms with Gasteiger partial charge in [0.15, 0.2) is 0 Å². The summed E-state index contributed by atoms with van der Waals surface area (Å²) in [4.78, 5) is 28.1. The molecule has 0 spiro atoms. The molecule has 1 aliphatic carbocycles. The molecule has 2 fully saturated rings. The van der Waals surface area contributed by atoms with Gasteiger partial charge in [-0.05, 0) is 44.2 Å². The van der Waals surface area contributed by atoms with Crippen molar-refractivity contribution in [2.24, 2.45) is 11.8 Å². The summed E-state index contributed by atoms with van der Waals surface area (Å²) in [5, 5.41) is 9.66. The van der Waals surface area contributed by atoms with Gasteiger partial charge in [0.05, 0.1) is 12.0 Å². The molecule has 5 atom stereocenters. The van der Waals surface area contributed by atoms with Gasteiger partial charge < -0.3 is 20.9 Å². The molecule has 3 aliphatic rings. The van der Waals surface area contributed by atoms with Gasteiger partial charge in [-0.3, -0.25) is 4.79 Å². The first-order valence-corrected chi connectivity index (χ1v) is 11.8. The molecule has 0 unspecified atom stereocenters. The second kappa shape index (κ2) is 9.27. The van der Waals surface area contributed by atoms with Gasteiger partial charge in [-0.25, -0.2) is 4.79 Å². The molecule has 6 nitrogen and oxygen atoms in total. The van der Waals surface area contributed by atoms with Crippen LogP contribution in [-0.2, 0) is 4.79 Å². The largest absolute Gasteiger partial charge is 0.382 e. The number of urea groups is 1. The summed E-state index contributed by atoms with van der Waals surface area (Å²) in [6, 6.07) is 8.83. The van der Waals surface area contributed by atoms with Crippen LogP contribution < -0.4 is 16.0 Å². The summed E-state index contributed by atoms with van der Waals surface area (Å²) < 4.78 is 0. The predicted octanol–water partition coefficient (Wildman–Crippen LogP) is 4.05. The normalized spacial score (nSPS) is 30.1. The second-order valence-electron chi connectivity index (χ2n) is 9.06. The van der Waals surface area contributed by atoms with E-state index < -0.39 is 0 Å². The molecule has 0 aromatic heterocycles. The first kappa shape index (κ1) is 21.0. The van der Waals surface area contributed by atoms with Gasteiger partial charge in [0.1, 0.15) is 0 Å². The SMILES string of the molecule is CCC[C@@H]1Nc2ccccc2[C@H]2[C@@H]1CCN2C(=O)[C@H]1CCCC[C@H]1NC(=O)NCC. The minimum Gasteiger partial charge on any atom is -0.382 e. The van der Waals surface area contributed by atoms with E-state index in [4.69, 9.17) is 0 Å². The zero-order valence-electron chi connectivity index (χ0n) is 18.3. The van der Waals surface area contributed by atoms with Gasteiger partial charge in [-0.2, -0.15) is 0 Å². The molecule has 1 saturated carbocycles. The highest BCUT2D eigenvalue weighted by Gasteiger charge is 2.47. The van der Waals surface area contributed by atoms with Crippen molar-refractivity contribution in [3.8, 4) is 0 Å². The fraction of sp³-hybridized carbons (Fsp3) is 0.667. The predicted molar refractivity (Wildman–Crippen MR) is 119 cm³/mol. The minimum absolute atomic E-state index is 0.0692. The molecule has 4 rings (SSSR count). The zero-order valence-corrected chi connectivity index (χ0v) is 18.3. The summed E-state index contributed by atoms with van der Waals surface area (Å²) in [5.41, 5.74) is 2.43. The Kier molecular flexibility index (Phi) is 6.49. The number of nitrogens with one attached hydrogen (secondary N) is 3. The third kappa shape index (κ3) is 4.01. The van der Waals surface area contributed by atoms with Gasteiger partial charge >= 0.3 is 6.03 Å². The van der Waals surface area contributed by atoms with Gasteiger partial charge in [0, 0.05) is 36.8 Å². The van der Waals surface area contributed by atoms with E-state index >= 15 is 0 Å². The van der Waals surface area contributed by atoms with E-state index in [0.717, 1.165) is 51.5 Å². The Labute approximate surface area is 180 Å². The quantitative estimate of drug-likeness (QED) is 0.683. The maximum Gasteiger partial charge on any atom is 0.315 e. The number of nitrogens with zero attached hydrogens (tertiary/aromatic N) is 1. The van der Waals surface area contributed by atoms with Crippen LogP contribution in [0.25, 0.3) is 0 Å². The second-order valence-corrected chi connectivity index (χ2v) is 9.06. The number of carbonyl (C=O) groups excluding carboxylic acids is 2. The van der Waals surface area contributed by atoms with Gasteiger partial charge in [-0.15, -0.1) is 0 Å². The lowest BCUT2D eigenvalue weighted by Crippen LogP contribution is -2.52. The van der Waals surface area contributed by atoms with Crippen molar-refractivity contribution >= 4 is 17.6 Å². The molecule has 0 radical (unpaired) electrons. The van der Waals surface area contributed by atoms with Gasteiger partial charge in [-0.1, -0.05) is 44.4 Å². The number of carbonyl (C=O) groups is 2. The van der Waals surface area contributed by atoms with E-state index in [1.54, 1.807) is 0 Å². The monoisotopic (exact) mass is 412 g/mol. The Morgan fingerprint density at radius 1 is 1.13 bits per heavy atom. The smallest absolute Gasteiger partial charge is 0.315 e. The van der Waals surface area contributed by atoms with Crippen molar-refractivity contribution in [3.05, 3.63) is 29.8 Å². The molecule has 3 amide bonds. The molecule has 1 aromatic carbocycles. The van der Waals surface area contributed by atoms with Crippen LogP contribution in [0.1, 0.15) is 70.4 Å². The van der Waals surface area contributed by atoms with Crippen LogP contribution in [0.15, 0.2) is 24.3 Å². The van der Waals surface area contributed by atoms with E-state index in [2.05, 4.69) is 52.0 Å². The molecule has 6 heteroatoms. The maximum absolute atomic E-state index is 13.8. The van der Waals surface area contributed by atoms with E-state index in [9.17, 15) is 9.59 Å². The summed E-state index contributed by atoms with van der Waals surface area (Å²) in [7, 11) is 0. The Bertz CT molecular complexity index is 767. The number of rotatable bonds is 5. The lowest BCUT2D eigenvalue weighted by atomic mass is 9.80. The van der Waals surface area contributed by atoms with Crippen molar-refractivity contribution < 1.29 is 9.59 Å². The molecule has 2 heterocycles. The van der Waals surface area contributed by atoms with E-state index in [0.29, 0.717) is 18.5 Å². The van der Waals surface area contributed by atoms with Crippen LogP contribution in [0.4, 0.5) is 10.5 Å². The lowest BCUT2D eigenvalue weighted by Gasteiger charge is -2.42. The molecule has 1 saturated heterocycles. The number of likely N-dealkylation sites (tertiary alicyclic amines) is 1. The van der Waals surface area contributed by atoms with Crippen LogP contribution in [0.3, 0.4) is 0 Å². The van der Waals surface area contributed by atoms with Gasteiger partial charge in [0.2, 0.25) is 5.91 Å². The molecule has 1 aromatic rings. The topological polar surface area (TPSA) is 73.5 Å². The highest BCUT2D eigenvalue weighted by Crippen LogP contribution is 2.48. The third-order valence-electron chi connectivity index (χ3n) is 7.20. The molecular formula is C24H36N4O2. The molecule has 3 N–H and O–H groups in total. The fourth-order valence-electron chi connectivity index (χ4n) is 5.87. The van der Waals surface area contributed by atoms with Crippen LogP contribution >= 0.6 is 0 Å². The molecular weight excluding hydrogens is 376 g/mol. The lowest BCUT2D eigenvalue weighted by molar-refractivity contribution is -0.138. The number of hydrogen-bond donors (Lipinski definition) is 3. The van der Waals surface area contributed by atoms with Gasteiger partial charge in [0.25, 0.3) is 0 Å². The van der Waals surface area contributed by atoms with Crippen molar-refractivity contribution in [2.75, 3.05) is 18.4 Å². The van der Waals surface area contributed by atoms with Crippen molar-refractivity contribution in [1.82, 2.24) is 15.5 Å². The summed E-state index contributed by atoms with van der Waals surface area (Å²) in [6.07, 6.45) is 7.18. The number of benzene rings is 1. The molecule has 0 bridgehead atoms. The van der Waals surface area contributed by atoms with Crippen molar-refractivity contribution in [3.63, 3.8) is 0 Å². The highest BCUT2D eigenvalue weighted by atomic mass is 16.2.